The molecule has 6 heteroatoms. The third kappa shape index (κ3) is 4.17. The van der Waals surface area contributed by atoms with E-state index in [-0.39, 0.29) is 17.0 Å². The van der Waals surface area contributed by atoms with E-state index in [1.807, 2.05) is 18.2 Å². The summed E-state index contributed by atoms with van der Waals surface area (Å²) in [4.78, 5) is 13.1. The molecule has 0 aliphatic heterocycles. The first-order valence-electron chi connectivity index (χ1n) is 8.33. The number of amides is 1. The Morgan fingerprint density at radius 1 is 0.852 bits per heavy atom. The highest BCUT2D eigenvalue weighted by Gasteiger charge is 2.30. The van der Waals surface area contributed by atoms with Crippen molar-refractivity contribution in [1.82, 2.24) is 0 Å². The predicted molar refractivity (Wildman–Crippen MR) is 104 cm³/mol. The standard InChI is InChI=1S/C21H19NO4S/c1-26-19-14-12-18(13-15-19)22(21(23)16-17-8-4-2-5-9-17)27(24,25)20-10-6-3-7-11-20/h2-15H,16H2,1H3. The van der Waals surface area contributed by atoms with E-state index in [0.717, 1.165) is 9.87 Å². The summed E-state index contributed by atoms with van der Waals surface area (Å²) in [7, 11) is -2.53. The molecule has 0 bridgehead atoms. The first-order valence-corrected chi connectivity index (χ1v) is 9.77. The second-order valence-corrected chi connectivity index (χ2v) is 7.62. The number of nitrogens with zero attached hydrogens (tertiary/aromatic N) is 1. The molecule has 0 spiro atoms. The largest absolute Gasteiger partial charge is 0.497 e. The van der Waals surface area contributed by atoms with Crippen molar-refractivity contribution < 1.29 is 17.9 Å². The van der Waals surface area contributed by atoms with Crippen LogP contribution in [0.5, 0.6) is 5.75 Å². The first-order chi connectivity index (χ1) is 13.0. The number of rotatable bonds is 6. The average Bonchev–Trinajstić information content (AvgIpc) is 2.70. The molecule has 3 aromatic carbocycles. The van der Waals surface area contributed by atoms with Crippen LogP contribution in [0.1, 0.15) is 5.56 Å². The van der Waals surface area contributed by atoms with Gasteiger partial charge in [0.2, 0.25) is 5.91 Å². The molecule has 0 unspecified atom stereocenters. The van der Waals surface area contributed by atoms with Gasteiger partial charge in [0.1, 0.15) is 5.75 Å². The molecule has 3 aromatic rings. The minimum atomic E-state index is -4.05. The number of anilines is 1. The average molecular weight is 381 g/mol. The summed E-state index contributed by atoms with van der Waals surface area (Å²) in [5.74, 6) is 0.0431. The molecule has 1 amide bonds. The molecule has 138 valence electrons. The molecular formula is C21H19NO4S. The van der Waals surface area contributed by atoms with Gasteiger partial charge < -0.3 is 4.74 Å². The summed E-state index contributed by atoms with van der Waals surface area (Å²) in [5, 5.41) is 0. The van der Waals surface area contributed by atoms with Crippen LogP contribution in [-0.4, -0.2) is 21.4 Å². The molecule has 0 heterocycles. The lowest BCUT2D eigenvalue weighted by molar-refractivity contribution is -0.116. The van der Waals surface area contributed by atoms with Crippen molar-refractivity contribution in [3.05, 3.63) is 90.5 Å². The SMILES string of the molecule is COc1ccc(N(C(=O)Cc2ccccc2)S(=O)(=O)c2ccccc2)cc1. The molecule has 0 N–H and O–H groups in total. The molecule has 0 radical (unpaired) electrons. The van der Waals surface area contributed by atoms with E-state index in [2.05, 4.69) is 0 Å². The van der Waals surface area contributed by atoms with Crippen molar-refractivity contribution in [1.29, 1.82) is 0 Å². The zero-order chi connectivity index (χ0) is 19.3. The normalized spacial score (nSPS) is 11.0. The molecule has 27 heavy (non-hydrogen) atoms. The second-order valence-electron chi connectivity index (χ2n) is 5.84. The molecule has 5 nitrogen and oxygen atoms in total. The second kappa shape index (κ2) is 8.05. The van der Waals surface area contributed by atoms with Gasteiger partial charge in [-0.3, -0.25) is 4.79 Å². The highest BCUT2D eigenvalue weighted by Crippen LogP contribution is 2.26. The Kier molecular flexibility index (Phi) is 5.57. The highest BCUT2D eigenvalue weighted by molar-refractivity contribution is 7.93. The Morgan fingerprint density at radius 3 is 1.96 bits per heavy atom. The van der Waals surface area contributed by atoms with Crippen LogP contribution < -0.4 is 9.04 Å². The maximum atomic E-state index is 13.2. The number of ether oxygens (including phenoxy) is 1. The number of methoxy groups -OCH3 is 1. The molecule has 0 fully saturated rings. The monoisotopic (exact) mass is 381 g/mol. The van der Waals surface area contributed by atoms with Gasteiger partial charge in [0.25, 0.3) is 10.0 Å². The Balaban J connectivity index is 2.04. The third-order valence-electron chi connectivity index (χ3n) is 4.01. The zero-order valence-electron chi connectivity index (χ0n) is 14.8. The minimum Gasteiger partial charge on any atom is -0.497 e. The van der Waals surface area contributed by atoms with Gasteiger partial charge in [0.05, 0.1) is 24.1 Å². The summed E-state index contributed by atoms with van der Waals surface area (Å²) < 4.78 is 32.4. The Hall–Kier alpha value is -3.12. The third-order valence-corrected chi connectivity index (χ3v) is 5.78. The van der Waals surface area contributed by atoms with E-state index in [0.29, 0.717) is 5.75 Å². The summed E-state index contributed by atoms with van der Waals surface area (Å²) in [6.45, 7) is 0. The van der Waals surface area contributed by atoms with E-state index in [9.17, 15) is 13.2 Å². The van der Waals surface area contributed by atoms with Crippen LogP contribution in [0.4, 0.5) is 5.69 Å². The Bertz CT molecular complexity index is 1000. The molecular weight excluding hydrogens is 362 g/mol. The number of hydrogen-bond donors (Lipinski definition) is 0. The quantitative estimate of drug-likeness (QED) is 0.654. The van der Waals surface area contributed by atoms with Crippen molar-refractivity contribution in [2.75, 3.05) is 11.4 Å². The van der Waals surface area contributed by atoms with Crippen LogP contribution in [-0.2, 0) is 21.2 Å². The van der Waals surface area contributed by atoms with Crippen LogP contribution in [0.15, 0.2) is 89.8 Å². The van der Waals surface area contributed by atoms with Gasteiger partial charge in [0.15, 0.2) is 0 Å². The molecule has 0 saturated carbocycles. The topological polar surface area (TPSA) is 63.7 Å². The fourth-order valence-corrected chi connectivity index (χ4v) is 4.12. The van der Waals surface area contributed by atoms with Crippen molar-refractivity contribution in [2.45, 2.75) is 11.3 Å². The Morgan fingerprint density at radius 2 is 1.41 bits per heavy atom. The van der Waals surface area contributed by atoms with Crippen molar-refractivity contribution >= 4 is 21.6 Å². The fourth-order valence-electron chi connectivity index (χ4n) is 2.67. The summed E-state index contributed by atoms with van der Waals surface area (Å²) in [6, 6.07) is 23.3. The van der Waals surface area contributed by atoms with Gasteiger partial charge in [-0.25, -0.2) is 12.7 Å². The lowest BCUT2D eigenvalue weighted by Gasteiger charge is -2.23. The van der Waals surface area contributed by atoms with E-state index in [4.69, 9.17) is 4.74 Å². The van der Waals surface area contributed by atoms with Gasteiger partial charge in [-0.15, -0.1) is 0 Å². The van der Waals surface area contributed by atoms with Crippen molar-refractivity contribution in [3.63, 3.8) is 0 Å². The van der Waals surface area contributed by atoms with Crippen LogP contribution in [0.2, 0.25) is 0 Å². The van der Waals surface area contributed by atoms with E-state index in [1.165, 1.54) is 19.2 Å². The number of carbonyl (C=O) groups excluding carboxylic acids is 1. The van der Waals surface area contributed by atoms with E-state index < -0.39 is 15.9 Å². The molecule has 0 aromatic heterocycles. The molecule has 0 aliphatic carbocycles. The molecule has 0 aliphatic rings. The van der Waals surface area contributed by atoms with E-state index >= 15 is 0 Å². The van der Waals surface area contributed by atoms with Crippen LogP contribution >= 0.6 is 0 Å². The van der Waals surface area contributed by atoms with Gasteiger partial charge in [-0.2, -0.15) is 0 Å². The number of benzene rings is 3. The van der Waals surface area contributed by atoms with Gasteiger partial charge in [0, 0.05) is 0 Å². The Labute approximate surface area is 158 Å². The maximum Gasteiger partial charge on any atom is 0.270 e. The van der Waals surface area contributed by atoms with Crippen molar-refractivity contribution in [2.24, 2.45) is 0 Å². The zero-order valence-corrected chi connectivity index (χ0v) is 15.6. The maximum absolute atomic E-state index is 13.2. The predicted octanol–water partition coefficient (Wildman–Crippen LogP) is 3.66. The lowest BCUT2D eigenvalue weighted by atomic mass is 10.1. The smallest absolute Gasteiger partial charge is 0.270 e. The van der Waals surface area contributed by atoms with Crippen LogP contribution in [0.25, 0.3) is 0 Å². The highest BCUT2D eigenvalue weighted by atomic mass is 32.2. The van der Waals surface area contributed by atoms with Crippen molar-refractivity contribution in [3.8, 4) is 5.75 Å². The van der Waals surface area contributed by atoms with E-state index in [1.54, 1.807) is 54.6 Å². The minimum absolute atomic E-state index is 0.0288. The van der Waals surface area contributed by atoms with Gasteiger partial charge in [-0.05, 0) is 42.0 Å². The summed E-state index contributed by atoms with van der Waals surface area (Å²) in [6.07, 6.45) is -0.0288. The van der Waals surface area contributed by atoms with Crippen LogP contribution in [0.3, 0.4) is 0 Å². The molecule has 0 atom stereocenters. The summed E-state index contributed by atoms with van der Waals surface area (Å²) in [5.41, 5.74) is 1.00. The molecule has 3 rings (SSSR count). The number of carbonyl (C=O) groups is 1. The lowest BCUT2D eigenvalue weighted by Crippen LogP contribution is -2.38. The first kappa shape index (κ1) is 18.7. The number of sulfonamides is 1. The van der Waals surface area contributed by atoms with Gasteiger partial charge in [-0.1, -0.05) is 48.5 Å². The molecule has 0 saturated heterocycles. The fraction of sp³-hybridized carbons (Fsp3) is 0.0952. The number of hydrogen-bond acceptors (Lipinski definition) is 4. The van der Waals surface area contributed by atoms with Crippen LogP contribution in [0, 0.1) is 0 Å². The van der Waals surface area contributed by atoms with Gasteiger partial charge >= 0.3 is 0 Å². The summed E-state index contributed by atoms with van der Waals surface area (Å²) >= 11 is 0.